The largest absolute Gasteiger partial charge is 0.369 e. The summed E-state index contributed by atoms with van der Waals surface area (Å²) in [5, 5.41) is 0. The standard InChI is InChI=1S/C23H31N5O2/c1-26(2)11-17-18-12-27(13-23(18)8-7-20(17)30-23)22(29)15-9-19-21(24-10-15)28(14-25-19)16-5-3-4-6-16/h9-10,14,16-18,20H,3-8,11-13H2,1-2H3/t17-,18+,20+,23+/m1/s1. The van der Waals surface area contributed by atoms with E-state index in [1.165, 1.54) is 25.7 Å². The highest BCUT2D eigenvalue weighted by atomic mass is 16.5. The van der Waals surface area contributed by atoms with Gasteiger partial charge in [0.05, 0.1) is 30.1 Å². The molecule has 3 aliphatic heterocycles. The summed E-state index contributed by atoms with van der Waals surface area (Å²) < 4.78 is 8.69. The normalized spacial score (nSPS) is 33.3. The Labute approximate surface area is 177 Å². The zero-order valence-corrected chi connectivity index (χ0v) is 18.0. The molecule has 7 heteroatoms. The Morgan fingerprint density at radius 1 is 1.27 bits per heavy atom. The molecule has 1 amide bonds. The zero-order chi connectivity index (χ0) is 20.5. The van der Waals surface area contributed by atoms with E-state index in [-0.39, 0.29) is 11.5 Å². The summed E-state index contributed by atoms with van der Waals surface area (Å²) >= 11 is 0. The molecule has 0 radical (unpaired) electrons. The minimum atomic E-state index is -0.122. The number of amides is 1. The predicted octanol–water partition coefficient (Wildman–Crippen LogP) is 2.73. The summed E-state index contributed by atoms with van der Waals surface area (Å²) in [6.07, 6.45) is 11.2. The third-order valence-electron chi connectivity index (χ3n) is 8.03. The van der Waals surface area contributed by atoms with Crippen LogP contribution in [0.3, 0.4) is 0 Å². The van der Waals surface area contributed by atoms with Gasteiger partial charge in [-0.3, -0.25) is 4.79 Å². The molecule has 2 aromatic rings. The molecule has 5 heterocycles. The van der Waals surface area contributed by atoms with Gasteiger partial charge >= 0.3 is 0 Å². The number of carbonyl (C=O) groups excluding carboxylic acids is 1. The number of hydrogen-bond acceptors (Lipinski definition) is 5. The Morgan fingerprint density at radius 3 is 2.90 bits per heavy atom. The Hall–Kier alpha value is -1.99. The van der Waals surface area contributed by atoms with E-state index in [4.69, 9.17) is 4.74 Å². The number of fused-ring (bicyclic) bond motifs is 2. The molecule has 6 rings (SSSR count). The summed E-state index contributed by atoms with van der Waals surface area (Å²) in [6, 6.07) is 2.43. The number of nitrogens with zero attached hydrogens (tertiary/aromatic N) is 5. The summed E-state index contributed by atoms with van der Waals surface area (Å²) in [7, 11) is 4.25. The van der Waals surface area contributed by atoms with Crippen LogP contribution in [-0.2, 0) is 4.74 Å². The molecule has 30 heavy (non-hydrogen) atoms. The number of pyridine rings is 1. The number of rotatable bonds is 4. The fraction of sp³-hybridized carbons (Fsp3) is 0.696. The van der Waals surface area contributed by atoms with Crippen molar-refractivity contribution >= 4 is 17.1 Å². The second-order valence-electron chi connectivity index (χ2n) is 10.1. The molecule has 2 bridgehead atoms. The van der Waals surface area contributed by atoms with Gasteiger partial charge in [0.15, 0.2) is 5.65 Å². The van der Waals surface area contributed by atoms with Crippen molar-refractivity contribution in [2.45, 2.75) is 56.3 Å². The van der Waals surface area contributed by atoms with Crippen LogP contribution in [0.1, 0.15) is 54.9 Å². The Kier molecular flexibility index (Phi) is 4.22. The van der Waals surface area contributed by atoms with E-state index in [9.17, 15) is 4.79 Å². The molecule has 0 unspecified atom stereocenters. The van der Waals surface area contributed by atoms with Gasteiger partial charge in [0.25, 0.3) is 5.91 Å². The lowest BCUT2D eigenvalue weighted by molar-refractivity contribution is 0.00256. The van der Waals surface area contributed by atoms with Crippen LogP contribution in [0.25, 0.3) is 11.2 Å². The summed E-state index contributed by atoms with van der Waals surface area (Å²) in [5.74, 6) is 1.04. The third kappa shape index (κ3) is 2.74. The van der Waals surface area contributed by atoms with Gasteiger partial charge in [-0.1, -0.05) is 12.8 Å². The van der Waals surface area contributed by atoms with Crippen LogP contribution in [-0.4, -0.2) is 75.7 Å². The maximum Gasteiger partial charge on any atom is 0.255 e. The lowest BCUT2D eigenvalue weighted by Crippen LogP contribution is -2.40. The molecular weight excluding hydrogens is 378 g/mol. The van der Waals surface area contributed by atoms with Gasteiger partial charge in [-0.05, 0) is 45.8 Å². The number of imidazole rings is 1. The van der Waals surface area contributed by atoms with Gasteiger partial charge in [-0.15, -0.1) is 0 Å². The lowest BCUT2D eigenvalue weighted by atomic mass is 9.73. The molecule has 1 aliphatic carbocycles. The molecule has 1 saturated carbocycles. The Morgan fingerprint density at radius 2 is 2.10 bits per heavy atom. The molecule has 0 N–H and O–H groups in total. The first kappa shape index (κ1) is 18.8. The molecule has 3 saturated heterocycles. The number of hydrogen-bond donors (Lipinski definition) is 0. The quantitative estimate of drug-likeness (QED) is 0.777. The molecule has 0 aromatic carbocycles. The maximum absolute atomic E-state index is 13.4. The van der Waals surface area contributed by atoms with Crippen LogP contribution in [0, 0.1) is 11.8 Å². The second-order valence-corrected chi connectivity index (χ2v) is 10.1. The van der Waals surface area contributed by atoms with E-state index < -0.39 is 0 Å². The van der Waals surface area contributed by atoms with Crippen molar-refractivity contribution in [1.29, 1.82) is 0 Å². The topological polar surface area (TPSA) is 63.5 Å². The SMILES string of the molecule is CN(C)C[C@H]1[C@@H]2CC[C@@]3(CN(C(=O)c4cnc5c(c4)ncn5C4CCCC4)C[C@@H]13)O2. The highest BCUT2D eigenvalue weighted by molar-refractivity contribution is 5.96. The number of carbonyl (C=O) groups is 1. The van der Waals surface area contributed by atoms with E-state index in [2.05, 4.69) is 33.5 Å². The fourth-order valence-electron chi connectivity index (χ4n) is 6.68. The zero-order valence-electron chi connectivity index (χ0n) is 18.0. The Bertz CT molecular complexity index is 981. The van der Waals surface area contributed by atoms with E-state index >= 15 is 0 Å². The summed E-state index contributed by atoms with van der Waals surface area (Å²) in [6.45, 7) is 2.54. The molecule has 1 spiro atoms. The van der Waals surface area contributed by atoms with Crippen LogP contribution in [0.4, 0.5) is 0 Å². The minimum absolute atomic E-state index is 0.0687. The Balaban J connectivity index is 1.24. The van der Waals surface area contributed by atoms with E-state index in [0.717, 1.165) is 37.1 Å². The van der Waals surface area contributed by atoms with Crippen molar-refractivity contribution in [1.82, 2.24) is 24.3 Å². The molecule has 4 atom stereocenters. The maximum atomic E-state index is 13.4. The van der Waals surface area contributed by atoms with Crippen LogP contribution >= 0.6 is 0 Å². The summed E-state index contributed by atoms with van der Waals surface area (Å²) in [5.41, 5.74) is 2.26. The lowest BCUT2D eigenvalue weighted by Gasteiger charge is -2.30. The van der Waals surface area contributed by atoms with Crippen molar-refractivity contribution in [2.24, 2.45) is 11.8 Å². The smallest absolute Gasteiger partial charge is 0.255 e. The molecule has 4 aliphatic rings. The van der Waals surface area contributed by atoms with Gasteiger partial charge in [0.2, 0.25) is 0 Å². The average Bonchev–Trinajstić information content (AvgIpc) is 3.52. The van der Waals surface area contributed by atoms with E-state index in [0.29, 0.717) is 36.1 Å². The van der Waals surface area contributed by atoms with Crippen molar-refractivity contribution in [2.75, 3.05) is 33.7 Å². The van der Waals surface area contributed by atoms with Crippen molar-refractivity contribution in [3.63, 3.8) is 0 Å². The van der Waals surface area contributed by atoms with Crippen LogP contribution in [0.5, 0.6) is 0 Å². The highest BCUT2D eigenvalue weighted by Gasteiger charge is 2.63. The van der Waals surface area contributed by atoms with Crippen molar-refractivity contribution in [3.05, 3.63) is 24.2 Å². The van der Waals surface area contributed by atoms with Gasteiger partial charge in [0.1, 0.15) is 5.52 Å². The summed E-state index contributed by atoms with van der Waals surface area (Å²) in [4.78, 5) is 26.9. The van der Waals surface area contributed by atoms with Crippen LogP contribution in [0.15, 0.2) is 18.6 Å². The van der Waals surface area contributed by atoms with Crippen molar-refractivity contribution < 1.29 is 9.53 Å². The average molecular weight is 410 g/mol. The molecule has 7 nitrogen and oxygen atoms in total. The number of ether oxygens (including phenoxy) is 1. The van der Waals surface area contributed by atoms with Crippen LogP contribution < -0.4 is 0 Å². The highest BCUT2D eigenvalue weighted by Crippen LogP contribution is 2.55. The number of aromatic nitrogens is 3. The minimum Gasteiger partial charge on any atom is -0.369 e. The van der Waals surface area contributed by atoms with E-state index in [1.54, 1.807) is 6.20 Å². The van der Waals surface area contributed by atoms with Crippen molar-refractivity contribution in [3.8, 4) is 0 Å². The first-order valence-corrected chi connectivity index (χ1v) is 11.5. The molecule has 4 fully saturated rings. The third-order valence-corrected chi connectivity index (χ3v) is 8.03. The molecular formula is C23H31N5O2. The van der Waals surface area contributed by atoms with Crippen LogP contribution in [0.2, 0.25) is 0 Å². The fourth-order valence-corrected chi connectivity index (χ4v) is 6.68. The van der Waals surface area contributed by atoms with Gasteiger partial charge in [-0.25, -0.2) is 9.97 Å². The van der Waals surface area contributed by atoms with Gasteiger partial charge in [0, 0.05) is 37.2 Å². The second kappa shape index (κ2) is 6.76. The number of likely N-dealkylation sites (tertiary alicyclic amines) is 1. The first-order chi connectivity index (χ1) is 14.5. The van der Waals surface area contributed by atoms with E-state index in [1.807, 2.05) is 17.3 Å². The van der Waals surface area contributed by atoms with Gasteiger partial charge < -0.3 is 19.1 Å². The monoisotopic (exact) mass is 409 g/mol. The predicted molar refractivity (Wildman–Crippen MR) is 113 cm³/mol. The molecule has 2 aromatic heterocycles. The van der Waals surface area contributed by atoms with Gasteiger partial charge in [-0.2, -0.15) is 0 Å². The molecule has 160 valence electrons. The first-order valence-electron chi connectivity index (χ1n) is 11.5.